The van der Waals surface area contributed by atoms with Crippen molar-refractivity contribution in [3.63, 3.8) is 0 Å². The van der Waals surface area contributed by atoms with Crippen molar-refractivity contribution in [1.82, 2.24) is 9.66 Å². The molecule has 3 aromatic rings. The standard InChI is InChI=1S/C16H10F3N3O2/c17-16(18,19)12-7-3-1-5-10(12)9-20-22-14(23)11-6-2-4-8-13(11)21-15(22)24/h1-9H,(H,21,24). The maximum absolute atomic E-state index is 12.9. The number of nitrogens with one attached hydrogen (secondary N) is 1. The molecule has 1 N–H and O–H groups in total. The molecule has 0 aliphatic rings. The first-order valence-corrected chi connectivity index (χ1v) is 6.82. The SMILES string of the molecule is O=c1[nH]c2ccccc2c(=O)n1N=Cc1ccccc1C(F)(F)F. The first kappa shape index (κ1) is 15.7. The van der Waals surface area contributed by atoms with E-state index in [1.54, 1.807) is 18.2 Å². The average molecular weight is 333 g/mol. The summed E-state index contributed by atoms with van der Waals surface area (Å²) in [6.45, 7) is 0. The lowest BCUT2D eigenvalue weighted by molar-refractivity contribution is -0.137. The molecule has 1 aromatic heterocycles. The summed E-state index contributed by atoms with van der Waals surface area (Å²) >= 11 is 0. The first-order chi connectivity index (χ1) is 11.4. The molecule has 0 atom stereocenters. The molecule has 0 fully saturated rings. The van der Waals surface area contributed by atoms with Crippen LogP contribution in [0.1, 0.15) is 11.1 Å². The Morgan fingerprint density at radius 3 is 2.42 bits per heavy atom. The number of hydrogen-bond acceptors (Lipinski definition) is 3. The van der Waals surface area contributed by atoms with Gasteiger partial charge in [-0.2, -0.15) is 18.3 Å². The smallest absolute Gasteiger partial charge is 0.305 e. The molecule has 0 aliphatic heterocycles. The van der Waals surface area contributed by atoms with Gasteiger partial charge in [0.15, 0.2) is 0 Å². The normalized spacial score (nSPS) is 12.1. The Hall–Kier alpha value is -3.16. The van der Waals surface area contributed by atoms with Crippen molar-refractivity contribution >= 4 is 17.1 Å². The highest BCUT2D eigenvalue weighted by Crippen LogP contribution is 2.31. The monoisotopic (exact) mass is 333 g/mol. The molecule has 0 aliphatic carbocycles. The summed E-state index contributed by atoms with van der Waals surface area (Å²) in [5.74, 6) is 0. The molecule has 5 nitrogen and oxygen atoms in total. The summed E-state index contributed by atoms with van der Waals surface area (Å²) in [4.78, 5) is 26.6. The van der Waals surface area contributed by atoms with Gasteiger partial charge >= 0.3 is 11.9 Å². The Kier molecular flexibility index (Phi) is 3.80. The lowest BCUT2D eigenvalue weighted by Gasteiger charge is -2.09. The predicted molar refractivity (Wildman–Crippen MR) is 83.3 cm³/mol. The molecule has 0 amide bonds. The van der Waals surface area contributed by atoms with Gasteiger partial charge in [-0.25, -0.2) is 4.79 Å². The van der Waals surface area contributed by atoms with E-state index in [1.165, 1.54) is 24.3 Å². The summed E-state index contributed by atoms with van der Waals surface area (Å²) in [6, 6.07) is 11.0. The lowest BCUT2D eigenvalue weighted by Crippen LogP contribution is -2.32. The van der Waals surface area contributed by atoms with Gasteiger partial charge in [0.2, 0.25) is 0 Å². The molecule has 0 unspecified atom stereocenters. The van der Waals surface area contributed by atoms with E-state index < -0.39 is 23.0 Å². The van der Waals surface area contributed by atoms with Gasteiger partial charge in [-0.05, 0) is 18.2 Å². The van der Waals surface area contributed by atoms with E-state index in [0.29, 0.717) is 10.2 Å². The van der Waals surface area contributed by atoms with Crippen LogP contribution in [0, 0.1) is 0 Å². The van der Waals surface area contributed by atoms with Crippen molar-refractivity contribution in [3.8, 4) is 0 Å². The minimum Gasteiger partial charge on any atom is -0.305 e. The van der Waals surface area contributed by atoms with Gasteiger partial charge in [-0.3, -0.25) is 4.79 Å². The molecule has 0 saturated carbocycles. The van der Waals surface area contributed by atoms with Crippen molar-refractivity contribution in [3.05, 3.63) is 80.5 Å². The van der Waals surface area contributed by atoms with E-state index in [4.69, 9.17) is 0 Å². The van der Waals surface area contributed by atoms with Crippen molar-refractivity contribution in [2.75, 3.05) is 0 Å². The second-order valence-electron chi connectivity index (χ2n) is 4.92. The van der Waals surface area contributed by atoms with E-state index in [9.17, 15) is 22.8 Å². The summed E-state index contributed by atoms with van der Waals surface area (Å²) in [5, 5.41) is 3.84. The summed E-state index contributed by atoms with van der Waals surface area (Å²) in [7, 11) is 0. The molecule has 0 radical (unpaired) electrons. The number of hydrogen-bond donors (Lipinski definition) is 1. The molecular formula is C16H10F3N3O2. The number of benzene rings is 2. The van der Waals surface area contributed by atoms with E-state index in [0.717, 1.165) is 12.3 Å². The number of rotatable bonds is 2. The minimum atomic E-state index is -4.57. The van der Waals surface area contributed by atoms with Crippen molar-refractivity contribution in [2.45, 2.75) is 6.18 Å². The highest BCUT2D eigenvalue weighted by molar-refractivity contribution is 5.82. The third-order valence-corrected chi connectivity index (χ3v) is 3.36. The van der Waals surface area contributed by atoms with Gasteiger partial charge in [0.25, 0.3) is 5.56 Å². The van der Waals surface area contributed by atoms with Crippen LogP contribution in [0.3, 0.4) is 0 Å². The topological polar surface area (TPSA) is 67.2 Å². The minimum absolute atomic E-state index is 0.207. The highest BCUT2D eigenvalue weighted by Gasteiger charge is 2.32. The first-order valence-electron chi connectivity index (χ1n) is 6.82. The number of para-hydroxylation sites is 1. The van der Waals surface area contributed by atoms with Gasteiger partial charge in [-0.1, -0.05) is 30.3 Å². The maximum Gasteiger partial charge on any atom is 0.417 e. The van der Waals surface area contributed by atoms with Gasteiger partial charge in [0.1, 0.15) is 0 Å². The quantitative estimate of drug-likeness (QED) is 0.733. The molecule has 3 rings (SSSR count). The van der Waals surface area contributed by atoms with E-state index >= 15 is 0 Å². The van der Waals surface area contributed by atoms with E-state index in [-0.39, 0.29) is 10.9 Å². The van der Waals surface area contributed by atoms with Crippen LogP contribution in [0.15, 0.2) is 63.2 Å². The van der Waals surface area contributed by atoms with Crippen molar-refractivity contribution in [1.29, 1.82) is 0 Å². The second kappa shape index (κ2) is 5.80. The zero-order chi connectivity index (χ0) is 17.3. The highest BCUT2D eigenvalue weighted by atomic mass is 19.4. The number of halogens is 3. The summed E-state index contributed by atoms with van der Waals surface area (Å²) in [5.41, 5.74) is -2.37. The Morgan fingerprint density at radius 2 is 1.67 bits per heavy atom. The fourth-order valence-corrected chi connectivity index (χ4v) is 2.25. The number of aromatic nitrogens is 2. The zero-order valence-electron chi connectivity index (χ0n) is 12.0. The van der Waals surface area contributed by atoms with Gasteiger partial charge in [-0.15, -0.1) is 4.68 Å². The fraction of sp³-hybridized carbons (Fsp3) is 0.0625. The van der Waals surface area contributed by atoms with Crippen molar-refractivity contribution < 1.29 is 13.2 Å². The summed E-state index contributed by atoms with van der Waals surface area (Å²) in [6.07, 6.45) is -3.72. The molecule has 8 heteroatoms. The maximum atomic E-state index is 12.9. The third kappa shape index (κ3) is 2.85. The number of aromatic amines is 1. The molecule has 2 aromatic carbocycles. The second-order valence-corrected chi connectivity index (χ2v) is 4.92. The molecule has 1 heterocycles. The fourth-order valence-electron chi connectivity index (χ4n) is 2.25. The van der Waals surface area contributed by atoms with Gasteiger partial charge in [0.05, 0.1) is 22.7 Å². The van der Waals surface area contributed by atoms with Crippen LogP contribution >= 0.6 is 0 Å². The van der Waals surface area contributed by atoms with E-state index in [2.05, 4.69) is 10.1 Å². The number of H-pyrrole nitrogens is 1. The molecular weight excluding hydrogens is 323 g/mol. The van der Waals surface area contributed by atoms with Crippen LogP contribution in [0.25, 0.3) is 10.9 Å². The van der Waals surface area contributed by atoms with Gasteiger partial charge < -0.3 is 4.98 Å². The van der Waals surface area contributed by atoms with Crippen LogP contribution in [0.5, 0.6) is 0 Å². The zero-order valence-corrected chi connectivity index (χ0v) is 12.0. The Bertz CT molecular complexity index is 1050. The molecule has 24 heavy (non-hydrogen) atoms. The predicted octanol–water partition coefficient (Wildman–Crippen LogP) is 2.59. The van der Waals surface area contributed by atoms with Crippen LogP contribution < -0.4 is 11.2 Å². The van der Waals surface area contributed by atoms with E-state index in [1.807, 2.05) is 0 Å². The Balaban J connectivity index is 2.14. The molecule has 0 bridgehead atoms. The average Bonchev–Trinajstić information content (AvgIpc) is 2.54. The molecule has 0 spiro atoms. The van der Waals surface area contributed by atoms with Crippen LogP contribution in [-0.2, 0) is 6.18 Å². The number of fused-ring (bicyclic) bond motifs is 1. The lowest BCUT2D eigenvalue weighted by atomic mass is 10.1. The number of nitrogens with zero attached hydrogens (tertiary/aromatic N) is 2. The van der Waals surface area contributed by atoms with Crippen LogP contribution in [0.4, 0.5) is 13.2 Å². The number of alkyl halides is 3. The Labute approximate surface area is 132 Å². The van der Waals surface area contributed by atoms with Crippen LogP contribution in [0.2, 0.25) is 0 Å². The van der Waals surface area contributed by atoms with Crippen LogP contribution in [-0.4, -0.2) is 15.9 Å². The van der Waals surface area contributed by atoms with Gasteiger partial charge in [0, 0.05) is 5.56 Å². The third-order valence-electron chi connectivity index (χ3n) is 3.36. The Morgan fingerprint density at radius 1 is 1.00 bits per heavy atom. The largest absolute Gasteiger partial charge is 0.417 e. The van der Waals surface area contributed by atoms with Crippen molar-refractivity contribution in [2.24, 2.45) is 5.10 Å². The molecule has 0 saturated heterocycles. The molecule has 122 valence electrons. The summed E-state index contributed by atoms with van der Waals surface area (Å²) < 4.78 is 39.3.